The molecule has 3 heterocycles. The first-order valence-electron chi connectivity index (χ1n) is 8.44. The van der Waals surface area contributed by atoms with Crippen LogP contribution >= 0.6 is 0 Å². The average Bonchev–Trinajstić information content (AvgIpc) is 3.17. The number of hydrogen-bond donors (Lipinski definition) is 5. The second-order valence-corrected chi connectivity index (χ2v) is 6.48. The molecule has 1 fully saturated rings. The third kappa shape index (κ3) is 3.08. The molecule has 0 unspecified atom stereocenters. The summed E-state index contributed by atoms with van der Waals surface area (Å²) in [5.41, 5.74) is 8.57. The molecule has 1 aliphatic rings. The molecule has 0 spiro atoms. The van der Waals surface area contributed by atoms with Gasteiger partial charge in [0.2, 0.25) is 5.95 Å². The number of aliphatic hydroxyl groups excluding tert-OH is 3. The second-order valence-electron chi connectivity index (χ2n) is 6.48. The predicted molar refractivity (Wildman–Crippen MR) is 97.2 cm³/mol. The van der Waals surface area contributed by atoms with E-state index < -0.39 is 31.1 Å². The number of aromatic nitrogens is 4. The summed E-state index contributed by atoms with van der Waals surface area (Å²) < 4.78 is 7.02. The molecule has 4 atom stereocenters. The molecule has 10 nitrogen and oxygen atoms in total. The van der Waals surface area contributed by atoms with Crippen molar-refractivity contribution in [1.82, 2.24) is 19.5 Å². The van der Waals surface area contributed by atoms with E-state index in [0.29, 0.717) is 11.2 Å². The Hall–Kier alpha value is -2.79. The maximum absolute atomic E-state index is 10.3. The van der Waals surface area contributed by atoms with Crippen molar-refractivity contribution in [3.63, 3.8) is 0 Å². The van der Waals surface area contributed by atoms with Crippen LogP contribution in [0.1, 0.15) is 11.8 Å². The van der Waals surface area contributed by atoms with Crippen LogP contribution in [-0.4, -0.2) is 59.8 Å². The van der Waals surface area contributed by atoms with E-state index in [1.54, 1.807) is 0 Å². The van der Waals surface area contributed by atoms with Gasteiger partial charge in [0.15, 0.2) is 17.7 Å². The minimum Gasteiger partial charge on any atom is -0.394 e. The molecule has 3 aromatic rings. The van der Waals surface area contributed by atoms with Gasteiger partial charge in [0, 0.05) is 5.69 Å². The highest BCUT2D eigenvalue weighted by molar-refractivity contribution is 5.83. The van der Waals surface area contributed by atoms with Gasteiger partial charge < -0.3 is 31.1 Å². The third-order valence-electron chi connectivity index (χ3n) is 4.51. The van der Waals surface area contributed by atoms with Crippen LogP contribution in [0.25, 0.3) is 11.2 Å². The molecule has 6 N–H and O–H groups in total. The summed E-state index contributed by atoms with van der Waals surface area (Å²) in [5, 5.41) is 32.6. The van der Waals surface area contributed by atoms with Crippen molar-refractivity contribution in [2.75, 3.05) is 17.7 Å². The average molecular weight is 372 g/mol. The predicted octanol–water partition coefficient (Wildman–Crippen LogP) is 0.0720. The number of nitrogens with one attached hydrogen (secondary N) is 1. The topological polar surface area (TPSA) is 152 Å². The van der Waals surface area contributed by atoms with Crippen LogP contribution < -0.4 is 11.1 Å². The molecule has 0 bridgehead atoms. The van der Waals surface area contributed by atoms with Gasteiger partial charge in [0.1, 0.15) is 23.8 Å². The molecule has 1 aromatic carbocycles. The Morgan fingerprint density at radius 2 is 2.07 bits per heavy atom. The number of aryl methyl sites for hydroxylation is 1. The summed E-state index contributed by atoms with van der Waals surface area (Å²) in [6.45, 7) is 1.55. The molecule has 0 saturated carbocycles. The van der Waals surface area contributed by atoms with Crippen LogP contribution in [0.2, 0.25) is 0 Å². The number of benzene rings is 1. The molecule has 0 amide bonds. The van der Waals surface area contributed by atoms with E-state index in [4.69, 9.17) is 10.5 Å². The van der Waals surface area contributed by atoms with Gasteiger partial charge >= 0.3 is 0 Å². The zero-order valence-electron chi connectivity index (χ0n) is 14.5. The number of anilines is 3. The number of hydrogen-bond acceptors (Lipinski definition) is 9. The number of nitrogens with two attached hydrogens (primary N) is 1. The van der Waals surface area contributed by atoms with Crippen LogP contribution in [0, 0.1) is 6.92 Å². The van der Waals surface area contributed by atoms with Gasteiger partial charge in [-0.2, -0.15) is 9.97 Å². The first-order valence-corrected chi connectivity index (χ1v) is 8.44. The first kappa shape index (κ1) is 17.6. The molecule has 4 rings (SSSR count). The molecule has 142 valence electrons. The quantitative estimate of drug-likeness (QED) is 0.428. The Morgan fingerprint density at radius 3 is 2.78 bits per heavy atom. The van der Waals surface area contributed by atoms with Crippen LogP contribution in [0.4, 0.5) is 17.5 Å². The SMILES string of the molecule is Cc1cccc(Nc2nc(N)c3ncn([C@@H]4O[C@H](CO)[C@@H](O)[C@H]4O)c3n2)c1. The molecule has 0 aliphatic carbocycles. The summed E-state index contributed by atoms with van der Waals surface area (Å²) in [6.07, 6.45) is -2.91. The number of ether oxygens (including phenoxy) is 1. The number of fused-ring (bicyclic) bond motifs is 1. The summed E-state index contributed by atoms with van der Waals surface area (Å²) >= 11 is 0. The minimum atomic E-state index is -1.25. The fourth-order valence-electron chi connectivity index (χ4n) is 3.14. The van der Waals surface area contributed by atoms with Gasteiger partial charge in [0.05, 0.1) is 12.9 Å². The van der Waals surface area contributed by atoms with Gasteiger partial charge in [-0.15, -0.1) is 0 Å². The third-order valence-corrected chi connectivity index (χ3v) is 4.51. The van der Waals surface area contributed by atoms with Crippen molar-refractivity contribution in [3.8, 4) is 0 Å². The normalized spacial score (nSPS) is 25.2. The number of nitrogens with zero attached hydrogens (tertiary/aromatic N) is 4. The summed E-state index contributed by atoms with van der Waals surface area (Å²) in [7, 11) is 0. The number of nitrogen functional groups attached to an aromatic ring is 1. The second kappa shape index (κ2) is 6.74. The summed E-state index contributed by atoms with van der Waals surface area (Å²) in [4.78, 5) is 12.8. The molecule has 1 aliphatic heterocycles. The lowest BCUT2D eigenvalue weighted by atomic mass is 10.1. The van der Waals surface area contributed by atoms with E-state index in [1.165, 1.54) is 10.9 Å². The van der Waals surface area contributed by atoms with Crippen molar-refractivity contribution >= 4 is 28.6 Å². The van der Waals surface area contributed by atoms with Gasteiger partial charge in [-0.25, -0.2) is 4.98 Å². The van der Waals surface area contributed by atoms with E-state index >= 15 is 0 Å². The Bertz CT molecular complexity index is 977. The number of rotatable bonds is 4. The van der Waals surface area contributed by atoms with E-state index in [1.807, 2.05) is 31.2 Å². The lowest BCUT2D eigenvalue weighted by Crippen LogP contribution is -2.33. The maximum atomic E-state index is 10.3. The Balaban J connectivity index is 1.72. The summed E-state index contributed by atoms with van der Waals surface area (Å²) in [5.74, 6) is 0.430. The first-order chi connectivity index (χ1) is 13.0. The standard InChI is InChI=1S/C17H20N6O4/c1-8-3-2-4-9(5-8)20-17-21-14(18)11-15(22-17)23(7-19-11)16-13(26)12(25)10(6-24)27-16/h2-5,7,10,12-13,16,24-26H,6H2,1H3,(H3,18,20,21,22)/t10-,12-,13-,16-/m1/s1. The Morgan fingerprint density at radius 1 is 1.26 bits per heavy atom. The van der Waals surface area contributed by atoms with Crippen molar-refractivity contribution in [2.45, 2.75) is 31.5 Å². The molecule has 2 aromatic heterocycles. The van der Waals surface area contributed by atoms with Crippen LogP contribution in [0.15, 0.2) is 30.6 Å². The largest absolute Gasteiger partial charge is 0.394 e. The van der Waals surface area contributed by atoms with Gasteiger partial charge in [-0.05, 0) is 24.6 Å². The van der Waals surface area contributed by atoms with E-state index in [9.17, 15) is 15.3 Å². The molecular formula is C17H20N6O4. The highest BCUT2D eigenvalue weighted by Gasteiger charge is 2.44. The summed E-state index contributed by atoms with van der Waals surface area (Å²) in [6, 6.07) is 7.69. The van der Waals surface area contributed by atoms with Gasteiger partial charge in [0.25, 0.3) is 0 Å². The van der Waals surface area contributed by atoms with E-state index in [2.05, 4.69) is 20.3 Å². The lowest BCUT2D eigenvalue weighted by Gasteiger charge is -2.17. The van der Waals surface area contributed by atoms with Crippen molar-refractivity contribution in [2.24, 2.45) is 0 Å². The monoisotopic (exact) mass is 372 g/mol. The zero-order chi connectivity index (χ0) is 19.1. The van der Waals surface area contributed by atoms with Crippen molar-refractivity contribution in [1.29, 1.82) is 0 Å². The van der Waals surface area contributed by atoms with Gasteiger partial charge in [-0.3, -0.25) is 4.57 Å². The molecule has 10 heteroatoms. The molecular weight excluding hydrogens is 352 g/mol. The highest BCUT2D eigenvalue weighted by Crippen LogP contribution is 2.32. The van der Waals surface area contributed by atoms with Crippen molar-refractivity contribution < 1.29 is 20.1 Å². The van der Waals surface area contributed by atoms with Crippen LogP contribution in [0.3, 0.4) is 0 Å². The minimum absolute atomic E-state index is 0.167. The number of aliphatic hydroxyl groups is 3. The Labute approximate surface area is 154 Å². The lowest BCUT2D eigenvalue weighted by molar-refractivity contribution is -0.0511. The van der Waals surface area contributed by atoms with E-state index in [0.717, 1.165) is 11.3 Å². The zero-order valence-corrected chi connectivity index (χ0v) is 14.5. The smallest absolute Gasteiger partial charge is 0.231 e. The maximum Gasteiger partial charge on any atom is 0.231 e. The van der Waals surface area contributed by atoms with Gasteiger partial charge in [-0.1, -0.05) is 12.1 Å². The fraction of sp³-hybridized carbons (Fsp3) is 0.353. The number of imidazole rings is 1. The van der Waals surface area contributed by atoms with Crippen molar-refractivity contribution in [3.05, 3.63) is 36.2 Å². The Kier molecular flexibility index (Phi) is 4.40. The van der Waals surface area contributed by atoms with E-state index in [-0.39, 0.29) is 11.8 Å². The molecule has 0 radical (unpaired) electrons. The molecule has 27 heavy (non-hydrogen) atoms. The van der Waals surface area contributed by atoms with Crippen LogP contribution in [-0.2, 0) is 4.74 Å². The fourth-order valence-corrected chi connectivity index (χ4v) is 3.14. The highest BCUT2D eigenvalue weighted by atomic mass is 16.6. The van der Waals surface area contributed by atoms with Crippen LogP contribution in [0.5, 0.6) is 0 Å². The molecule has 1 saturated heterocycles.